The van der Waals surface area contributed by atoms with Gasteiger partial charge in [0.2, 0.25) is 11.3 Å². The van der Waals surface area contributed by atoms with Crippen molar-refractivity contribution < 1.29 is 23.9 Å². The second-order valence-electron chi connectivity index (χ2n) is 5.32. The van der Waals surface area contributed by atoms with Gasteiger partial charge in [0, 0.05) is 18.5 Å². The smallest absolute Gasteiger partial charge is 0.375 e. The molecule has 6 heteroatoms. The van der Waals surface area contributed by atoms with E-state index in [2.05, 4.69) is 0 Å². The van der Waals surface area contributed by atoms with Gasteiger partial charge >= 0.3 is 11.9 Å². The lowest BCUT2D eigenvalue weighted by atomic mass is 9.88. The number of hydroxylamine groups is 2. The van der Waals surface area contributed by atoms with Crippen molar-refractivity contribution in [3.63, 3.8) is 0 Å². The van der Waals surface area contributed by atoms with Crippen LogP contribution in [0.15, 0.2) is 42.2 Å². The van der Waals surface area contributed by atoms with Crippen molar-refractivity contribution in [1.82, 2.24) is 5.06 Å². The van der Waals surface area contributed by atoms with Gasteiger partial charge in [0.15, 0.2) is 0 Å². The lowest BCUT2D eigenvalue weighted by Crippen LogP contribution is -2.49. The molecule has 0 N–H and O–H groups in total. The van der Waals surface area contributed by atoms with Gasteiger partial charge in [-0.15, -0.1) is 5.06 Å². The second-order valence-corrected chi connectivity index (χ2v) is 5.32. The fourth-order valence-electron chi connectivity index (χ4n) is 2.81. The van der Waals surface area contributed by atoms with Crippen molar-refractivity contribution >= 4 is 11.9 Å². The molecule has 2 aliphatic heterocycles. The molecule has 0 spiro atoms. The minimum absolute atomic E-state index is 0.00273. The van der Waals surface area contributed by atoms with E-state index in [-0.39, 0.29) is 11.8 Å². The number of rotatable bonds is 2. The van der Waals surface area contributed by atoms with Crippen LogP contribution in [0.5, 0.6) is 0 Å². The first-order valence-electron chi connectivity index (χ1n) is 7.11. The molecular formula is C16H17NO5. The van der Waals surface area contributed by atoms with Crippen LogP contribution in [0.25, 0.3) is 0 Å². The van der Waals surface area contributed by atoms with Gasteiger partial charge in [-0.1, -0.05) is 30.3 Å². The van der Waals surface area contributed by atoms with Crippen LogP contribution in [0.1, 0.15) is 18.9 Å². The molecule has 6 nitrogen and oxygen atoms in total. The van der Waals surface area contributed by atoms with Crippen molar-refractivity contribution in [2.75, 3.05) is 13.7 Å². The van der Waals surface area contributed by atoms with Crippen LogP contribution in [0, 0.1) is 0 Å². The van der Waals surface area contributed by atoms with Gasteiger partial charge in [-0.25, -0.2) is 9.59 Å². The van der Waals surface area contributed by atoms with E-state index < -0.39 is 17.5 Å². The van der Waals surface area contributed by atoms with Crippen LogP contribution in [0.2, 0.25) is 0 Å². The minimum atomic E-state index is -1.26. The number of ether oxygens (including phenoxy) is 2. The highest BCUT2D eigenvalue weighted by molar-refractivity contribution is 5.92. The van der Waals surface area contributed by atoms with E-state index in [4.69, 9.17) is 14.3 Å². The van der Waals surface area contributed by atoms with Crippen LogP contribution in [0.4, 0.5) is 0 Å². The number of methoxy groups -OCH3 is 1. The fourth-order valence-corrected chi connectivity index (χ4v) is 2.81. The lowest BCUT2D eigenvalue weighted by molar-refractivity contribution is -0.198. The molecular weight excluding hydrogens is 286 g/mol. The molecule has 1 aromatic carbocycles. The molecule has 0 aromatic heterocycles. The van der Waals surface area contributed by atoms with Gasteiger partial charge < -0.3 is 14.3 Å². The number of carbonyl (C=O) groups is 2. The maximum Gasteiger partial charge on any atom is 0.375 e. The summed E-state index contributed by atoms with van der Waals surface area (Å²) in [4.78, 5) is 30.2. The molecule has 3 rings (SSSR count). The molecule has 0 saturated carbocycles. The number of fused-ring (bicyclic) bond motifs is 1. The Hall–Kier alpha value is -2.34. The monoisotopic (exact) mass is 303 g/mol. The standard InChI is InChI=1S/C16H17NO5/c1-11-8-9-21-15(19)16(12-6-4-3-5-7-12)10-13(14(18)20-2)22-17(11)16/h3-7,10-11H,8-9H2,1-2H3. The molecule has 1 aromatic rings. The maximum absolute atomic E-state index is 12.7. The van der Waals surface area contributed by atoms with E-state index in [1.807, 2.05) is 37.3 Å². The summed E-state index contributed by atoms with van der Waals surface area (Å²) in [7, 11) is 1.27. The predicted molar refractivity (Wildman–Crippen MR) is 76.2 cm³/mol. The van der Waals surface area contributed by atoms with E-state index in [0.717, 1.165) is 0 Å². The molecule has 1 fully saturated rings. The van der Waals surface area contributed by atoms with E-state index in [0.29, 0.717) is 18.6 Å². The van der Waals surface area contributed by atoms with Crippen LogP contribution in [0.3, 0.4) is 0 Å². The predicted octanol–water partition coefficient (Wildman–Crippen LogP) is 1.52. The highest BCUT2D eigenvalue weighted by Crippen LogP contribution is 2.42. The fraction of sp³-hybridized carbons (Fsp3) is 0.375. The van der Waals surface area contributed by atoms with Crippen LogP contribution >= 0.6 is 0 Å². The molecule has 2 aliphatic rings. The third-order valence-electron chi connectivity index (χ3n) is 3.97. The molecule has 1 saturated heterocycles. The zero-order valence-electron chi connectivity index (χ0n) is 12.4. The molecule has 2 heterocycles. The average molecular weight is 303 g/mol. The Kier molecular flexibility index (Phi) is 3.62. The Morgan fingerprint density at radius 2 is 2.09 bits per heavy atom. The molecule has 0 amide bonds. The Morgan fingerprint density at radius 1 is 1.36 bits per heavy atom. The van der Waals surface area contributed by atoms with Gasteiger partial charge in [0.05, 0.1) is 13.7 Å². The second kappa shape index (κ2) is 5.46. The van der Waals surface area contributed by atoms with Crippen LogP contribution < -0.4 is 0 Å². The molecule has 116 valence electrons. The first kappa shape index (κ1) is 14.6. The zero-order valence-corrected chi connectivity index (χ0v) is 12.4. The number of hydrogen-bond acceptors (Lipinski definition) is 6. The number of hydrogen-bond donors (Lipinski definition) is 0. The van der Waals surface area contributed by atoms with Gasteiger partial charge in [0.1, 0.15) is 0 Å². The van der Waals surface area contributed by atoms with E-state index >= 15 is 0 Å². The summed E-state index contributed by atoms with van der Waals surface area (Å²) in [5.41, 5.74) is -0.576. The highest BCUT2D eigenvalue weighted by Gasteiger charge is 2.56. The first-order valence-corrected chi connectivity index (χ1v) is 7.11. The normalized spacial score (nSPS) is 28.0. The summed E-state index contributed by atoms with van der Waals surface area (Å²) in [6, 6.07) is 9.03. The molecule has 2 unspecified atom stereocenters. The van der Waals surface area contributed by atoms with Crippen molar-refractivity contribution in [3.8, 4) is 0 Å². The summed E-state index contributed by atoms with van der Waals surface area (Å²) >= 11 is 0. The van der Waals surface area contributed by atoms with Crippen molar-refractivity contribution in [3.05, 3.63) is 47.7 Å². The van der Waals surface area contributed by atoms with Crippen LogP contribution in [-0.2, 0) is 29.4 Å². The third kappa shape index (κ3) is 2.07. The molecule has 0 radical (unpaired) electrons. The largest absolute Gasteiger partial charge is 0.464 e. The Balaban J connectivity index is 2.17. The number of carbonyl (C=O) groups excluding carboxylic acids is 2. The summed E-state index contributed by atoms with van der Waals surface area (Å²) in [5.74, 6) is -1.08. The maximum atomic E-state index is 12.7. The minimum Gasteiger partial charge on any atom is -0.464 e. The number of nitrogens with zero attached hydrogens (tertiary/aromatic N) is 1. The highest BCUT2D eigenvalue weighted by atomic mass is 16.7. The molecule has 2 atom stereocenters. The Labute approximate surface area is 128 Å². The van der Waals surface area contributed by atoms with Gasteiger partial charge in [0.25, 0.3) is 0 Å². The average Bonchev–Trinajstić information content (AvgIpc) is 2.92. The summed E-state index contributed by atoms with van der Waals surface area (Å²) < 4.78 is 10.1. The number of cyclic esters (lactones) is 1. The topological polar surface area (TPSA) is 65.1 Å². The Bertz CT molecular complexity index is 627. The van der Waals surface area contributed by atoms with Crippen LogP contribution in [-0.4, -0.2) is 36.8 Å². The zero-order chi connectivity index (χ0) is 15.7. The van der Waals surface area contributed by atoms with E-state index in [1.165, 1.54) is 18.2 Å². The van der Waals surface area contributed by atoms with Gasteiger partial charge in [-0.3, -0.25) is 0 Å². The summed E-state index contributed by atoms with van der Waals surface area (Å²) in [6.45, 7) is 2.24. The van der Waals surface area contributed by atoms with E-state index in [1.54, 1.807) is 0 Å². The summed E-state index contributed by atoms with van der Waals surface area (Å²) in [5, 5.41) is 1.53. The van der Waals surface area contributed by atoms with E-state index in [9.17, 15) is 9.59 Å². The summed E-state index contributed by atoms with van der Waals surface area (Å²) in [6.07, 6.45) is 2.10. The quantitative estimate of drug-likeness (QED) is 0.772. The van der Waals surface area contributed by atoms with Crippen molar-refractivity contribution in [2.24, 2.45) is 0 Å². The first-order chi connectivity index (χ1) is 10.6. The molecule has 0 aliphatic carbocycles. The molecule has 22 heavy (non-hydrogen) atoms. The van der Waals surface area contributed by atoms with Crippen molar-refractivity contribution in [2.45, 2.75) is 24.9 Å². The van der Waals surface area contributed by atoms with Crippen molar-refractivity contribution in [1.29, 1.82) is 0 Å². The van der Waals surface area contributed by atoms with Gasteiger partial charge in [-0.2, -0.15) is 0 Å². The number of esters is 2. The lowest BCUT2D eigenvalue weighted by Gasteiger charge is -2.34. The Morgan fingerprint density at radius 3 is 2.77 bits per heavy atom. The van der Waals surface area contributed by atoms with Gasteiger partial charge in [-0.05, 0) is 12.5 Å². The third-order valence-corrected chi connectivity index (χ3v) is 3.97. The SMILES string of the molecule is COC(=O)C1=CC2(c3ccccc3)C(=O)OCCC(C)N2O1. The molecule has 0 bridgehead atoms. The number of benzene rings is 1.